The van der Waals surface area contributed by atoms with Crippen LogP contribution in [0.3, 0.4) is 0 Å². The molecule has 46 heavy (non-hydrogen) atoms. The predicted octanol–water partition coefficient (Wildman–Crippen LogP) is 4.95. The van der Waals surface area contributed by atoms with Gasteiger partial charge in [0.05, 0.1) is 42.5 Å². The molecule has 0 fully saturated rings. The Morgan fingerprint density at radius 2 is 2.07 bits per heavy atom. The average molecular weight is 630 g/mol. The second kappa shape index (κ2) is 14.1. The van der Waals surface area contributed by atoms with Crippen LogP contribution in [0.25, 0.3) is 10.9 Å². The van der Waals surface area contributed by atoms with E-state index in [1.54, 1.807) is 48.5 Å². The van der Waals surface area contributed by atoms with Gasteiger partial charge in [0.15, 0.2) is 30.1 Å². The molecule has 13 heteroatoms. The molecule has 0 atom stereocenters. The van der Waals surface area contributed by atoms with Crippen molar-refractivity contribution in [2.75, 3.05) is 52.7 Å². The number of nitrogens with zero attached hydrogens (tertiary/aromatic N) is 7. The number of hydrogen-bond acceptors (Lipinski definition) is 9. The summed E-state index contributed by atoms with van der Waals surface area (Å²) in [4.78, 5) is 25.0. The van der Waals surface area contributed by atoms with E-state index >= 15 is 8.78 Å². The van der Waals surface area contributed by atoms with Gasteiger partial charge in [-0.3, -0.25) is 4.79 Å². The van der Waals surface area contributed by atoms with Crippen LogP contribution in [0.1, 0.15) is 6.92 Å². The number of allylic oxidation sites excluding steroid dienone is 2. The number of carbonyl (C=O) groups excluding carboxylic acids is 1. The summed E-state index contributed by atoms with van der Waals surface area (Å²) in [5.41, 5.74) is 1.60. The number of ether oxygens (including phenoxy) is 2. The number of methoxy groups -OCH3 is 1. The molecule has 3 aromatic rings. The van der Waals surface area contributed by atoms with Gasteiger partial charge in [0.25, 0.3) is 0 Å². The lowest BCUT2D eigenvalue weighted by Gasteiger charge is -2.22. The first-order valence-corrected chi connectivity index (χ1v) is 14.5. The van der Waals surface area contributed by atoms with Crippen LogP contribution in [-0.2, 0) is 4.79 Å². The van der Waals surface area contributed by atoms with E-state index in [1.807, 2.05) is 41.9 Å². The number of carbonyl (C=O) groups is 1. The minimum Gasteiger partial charge on any atom is -0.490 e. The van der Waals surface area contributed by atoms with Gasteiger partial charge in [-0.25, -0.2) is 23.8 Å². The van der Waals surface area contributed by atoms with Crippen LogP contribution >= 0.6 is 0 Å². The highest BCUT2D eigenvalue weighted by molar-refractivity contribution is 5.99. The number of nitrogens with one attached hydrogen (secondary N) is 1. The molecular weight excluding hydrogens is 594 g/mol. The summed E-state index contributed by atoms with van der Waals surface area (Å²) in [5.74, 6) is -0.964. The van der Waals surface area contributed by atoms with Gasteiger partial charge < -0.3 is 24.6 Å². The molecule has 2 aliphatic heterocycles. The summed E-state index contributed by atoms with van der Waals surface area (Å²) in [6, 6.07) is 5.63. The standard InChI is InChI=1S/C33H35F2N8O3/c1-6-38-43-13-11-23(18-22(43)2)46-29-20-24(34)27(19-25(29)35)39-33-31-26(36-21-37-33)9-10-28(32(31)45-5)41-14-16-42(17-15-41)30(44)8-7-12-40(3)4/h6-11,13-14,18-21H,2,12,15-17H2,1,3-5H3,(H,36,37,39)/q+1/b8-7+,38-6-. The van der Waals surface area contributed by atoms with E-state index in [0.717, 1.165) is 17.8 Å². The molecule has 0 unspecified atom stereocenters. The average Bonchev–Trinajstić information content (AvgIpc) is 3.04. The van der Waals surface area contributed by atoms with Crippen molar-refractivity contribution in [3.63, 3.8) is 0 Å². The molecule has 0 radical (unpaired) electrons. The Morgan fingerprint density at radius 1 is 1.24 bits per heavy atom. The lowest BCUT2D eigenvalue weighted by atomic mass is 10.1. The van der Waals surface area contributed by atoms with E-state index in [2.05, 4.69) is 27.0 Å². The van der Waals surface area contributed by atoms with Crippen molar-refractivity contribution >= 4 is 46.4 Å². The Bertz CT molecular complexity index is 1820. The van der Waals surface area contributed by atoms with Crippen molar-refractivity contribution in [1.29, 1.82) is 0 Å². The van der Waals surface area contributed by atoms with E-state index < -0.39 is 11.6 Å². The lowest BCUT2D eigenvalue weighted by Crippen LogP contribution is -2.41. The number of likely N-dealkylation sites (N-methyl/N-ethyl adjacent to an activating group) is 1. The highest BCUT2D eigenvalue weighted by Gasteiger charge is 2.27. The van der Waals surface area contributed by atoms with Gasteiger partial charge in [-0.05, 0) is 33.2 Å². The fourth-order valence-corrected chi connectivity index (χ4v) is 4.91. The van der Waals surface area contributed by atoms with Crippen molar-refractivity contribution in [3.8, 4) is 11.5 Å². The maximum Gasteiger partial charge on any atom is 0.248 e. The van der Waals surface area contributed by atoms with E-state index in [1.165, 1.54) is 18.4 Å². The molecule has 0 saturated carbocycles. The first kappa shape index (κ1) is 32.0. The zero-order valence-electron chi connectivity index (χ0n) is 26.1. The van der Waals surface area contributed by atoms with Crippen LogP contribution in [0.5, 0.6) is 11.5 Å². The van der Waals surface area contributed by atoms with Gasteiger partial charge in [0.2, 0.25) is 17.3 Å². The molecule has 0 bridgehead atoms. The van der Waals surface area contributed by atoms with Gasteiger partial charge >= 0.3 is 0 Å². The monoisotopic (exact) mass is 629 g/mol. The number of aromatic nitrogens is 2. The summed E-state index contributed by atoms with van der Waals surface area (Å²) in [6.45, 7) is 7.77. The van der Waals surface area contributed by atoms with Crippen molar-refractivity contribution in [3.05, 3.63) is 90.8 Å². The van der Waals surface area contributed by atoms with Crippen LogP contribution < -0.4 is 14.8 Å². The van der Waals surface area contributed by atoms with Crippen LogP contribution in [0.15, 0.2) is 84.2 Å². The first-order chi connectivity index (χ1) is 22.2. The number of fused-ring (bicyclic) bond motifs is 1. The summed E-state index contributed by atoms with van der Waals surface area (Å²) < 4.78 is 44.0. The number of anilines is 2. The number of hydrogen-bond donors (Lipinski definition) is 1. The molecule has 0 saturated heterocycles. The minimum absolute atomic E-state index is 0.0560. The lowest BCUT2D eigenvalue weighted by molar-refractivity contribution is -0.442. The number of benzene rings is 2. The molecular formula is C33H35F2N8O3+. The van der Waals surface area contributed by atoms with Crippen LogP contribution in [0, 0.1) is 11.6 Å². The third-order valence-corrected chi connectivity index (χ3v) is 7.15. The highest BCUT2D eigenvalue weighted by Crippen LogP contribution is 2.39. The molecule has 238 valence electrons. The quantitative estimate of drug-likeness (QED) is 0.191. The van der Waals surface area contributed by atoms with Crippen LogP contribution in [-0.4, -0.2) is 95.1 Å². The van der Waals surface area contributed by atoms with Gasteiger partial charge in [-0.15, -0.1) is 0 Å². The van der Waals surface area contributed by atoms with E-state index in [4.69, 9.17) is 9.47 Å². The second-order valence-electron chi connectivity index (χ2n) is 10.6. The molecule has 2 aliphatic rings. The number of amides is 1. The Labute approximate surface area is 265 Å². The predicted molar refractivity (Wildman–Crippen MR) is 174 cm³/mol. The van der Waals surface area contributed by atoms with Crippen molar-refractivity contribution < 1.29 is 27.6 Å². The Balaban J connectivity index is 1.39. The third kappa shape index (κ3) is 7.10. The van der Waals surface area contributed by atoms with Crippen molar-refractivity contribution in [2.24, 2.45) is 5.10 Å². The fourth-order valence-electron chi connectivity index (χ4n) is 4.91. The van der Waals surface area contributed by atoms with Crippen molar-refractivity contribution in [2.45, 2.75) is 6.92 Å². The molecule has 1 aromatic heterocycles. The SMILES string of the molecule is C=C1C=C(Oc2cc(F)c(Nc3ncnc4ccc([N+]5=CCN(C(=O)/C=C/CN(C)C)CC5)c(OC)c34)cc2F)C=CN1/N=C\C. The van der Waals surface area contributed by atoms with Crippen LogP contribution in [0.2, 0.25) is 0 Å². The maximum atomic E-state index is 15.4. The zero-order chi connectivity index (χ0) is 32.8. The molecule has 11 nitrogen and oxygen atoms in total. The summed E-state index contributed by atoms with van der Waals surface area (Å²) in [7, 11) is 5.40. The number of halogens is 2. The topological polar surface area (TPSA) is 98.4 Å². The molecule has 2 aromatic carbocycles. The Morgan fingerprint density at radius 3 is 2.76 bits per heavy atom. The molecule has 0 spiro atoms. The minimum atomic E-state index is -0.789. The van der Waals surface area contributed by atoms with Gasteiger partial charge in [-0.2, -0.15) is 9.68 Å². The normalized spacial score (nSPS) is 15.2. The fraction of sp³-hybridized carbons (Fsp3) is 0.242. The molecule has 1 N–H and O–H groups in total. The third-order valence-electron chi connectivity index (χ3n) is 7.15. The molecule has 0 aliphatic carbocycles. The van der Waals surface area contributed by atoms with E-state index in [9.17, 15) is 4.79 Å². The second-order valence-corrected chi connectivity index (χ2v) is 10.6. The van der Waals surface area contributed by atoms with Crippen LogP contribution in [0.4, 0.5) is 26.0 Å². The zero-order valence-corrected chi connectivity index (χ0v) is 26.1. The largest absolute Gasteiger partial charge is 0.490 e. The highest BCUT2D eigenvalue weighted by atomic mass is 19.1. The maximum absolute atomic E-state index is 15.4. The first-order valence-electron chi connectivity index (χ1n) is 14.5. The van der Waals surface area contributed by atoms with Gasteiger partial charge in [0.1, 0.15) is 17.9 Å². The number of hydrazone groups is 1. The number of rotatable bonds is 10. The summed E-state index contributed by atoms with van der Waals surface area (Å²) in [5, 5.41) is 9.03. The summed E-state index contributed by atoms with van der Waals surface area (Å²) in [6.07, 6.45) is 13.0. The smallest absolute Gasteiger partial charge is 0.248 e. The van der Waals surface area contributed by atoms with E-state index in [-0.39, 0.29) is 28.9 Å². The Kier molecular flexibility index (Phi) is 9.82. The Hall–Kier alpha value is -5.43. The van der Waals surface area contributed by atoms with Gasteiger partial charge in [-0.1, -0.05) is 12.7 Å². The van der Waals surface area contributed by atoms with Crippen molar-refractivity contribution in [1.82, 2.24) is 24.8 Å². The van der Waals surface area contributed by atoms with E-state index in [0.29, 0.717) is 48.5 Å². The van der Waals surface area contributed by atoms with Gasteiger partial charge in [0, 0.05) is 49.3 Å². The molecule has 3 heterocycles. The summed E-state index contributed by atoms with van der Waals surface area (Å²) >= 11 is 0. The molecule has 5 rings (SSSR count). The molecule has 1 amide bonds.